The smallest absolute Gasteiger partial charge is 0.416 e. The molecule has 5 nitrogen and oxygen atoms in total. The largest absolute Gasteiger partial charge is 0.465 e. The van der Waals surface area contributed by atoms with E-state index in [2.05, 4.69) is 77.5 Å². The summed E-state index contributed by atoms with van der Waals surface area (Å²) in [5.41, 5.74) is -0.853. The van der Waals surface area contributed by atoms with Crippen molar-refractivity contribution in [2.24, 2.45) is 16.2 Å². The van der Waals surface area contributed by atoms with Gasteiger partial charge in [0.2, 0.25) is 0 Å². The van der Waals surface area contributed by atoms with Crippen molar-refractivity contribution in [2.75, 3.05) is 6.54 Å². The van der Waals surface area contributed by atoms with Crippen LogP contribution in [0, 0.1) is 16.2 Å². The Labute approximate surface area is 189 Å². The van der Waals surface area contributed by atoms with Crippen LogP contribution >= 0.6 is 0 Å². The lowest BCUT2D eigenvalue weighted by Crippen LogP contribution is -2.62. The number of amides is 2. The minimum absolute atomic E-state index is 0.0827. The van der Waals surface area contributed by atoms with Gasteiger partial charge in [0.15, 0.2) is 0 Å². The summed E-state index contributed by atoms with van der Waals surface area (Å²) in [6, 6.07) is 0. The van der Waals surface area contributed by atoms with Gasteiger partial charge in [0.25, 0.3) is 0 Å². The van der Waals surface area contributed by atoms with E-state index in [1.54, 1.807) is 0 Å². The molecule has 0 aromatic carbocycles. The molecular weight excluding hydrogens is 366 g/mol. The third kappa shape index (κ3) is 4.90. The summed E-state index contributed by atoms with van der Waals surface area (Å²) in [7, 11) is 21.1. The molecule has 2 atom stereocenters. The summed E-state index contributed by atoms with van der Waals surface area (Å²) in [6.45, 7) is 12.9. The SMILES string of the molecule is CC(C)(C)C(CCN(C(=O)O)C(=O)O)(C(C)(C)C)C12[B][B][B][B][B][B][B]C([B][B]1)[B]2. The van der Waals surface area contributed by atoms with Gasteiger partial charge in [-0.1, -0.05) is 41.5 Å². The zero-order chi connectivity index (χ0) is 22.8. The number of rotatable bonds is 4. The Morgan fingerprint density at radius 1 is 0.833 bits per heavy atom. The highest BCUT2D eigenvalue weighted by molar-refractivity contribution is 7.64. The fraction of sp³-hybridized carbons (Fsp3) is 0.867. The van der Waals surface area contributed by atoms with E-state index in [0.717, 1.165) is 0 Å². The van der Waals surface area contributed by atoms with E-state index in [4.69, 9.17) is 0 Å². The van der Waals surface area contributed by atoms with Crippen LogP contribution in [-0.4, -0.2) is 105 Å². The Bertz CT molecular complexity index is 612. The molecule has 0 aliphatic carbocycles. The highest BCUT2D eigenvalue weighted by Crippen LogP contribution is 2.67. The topological polar surface area (TPSA) is 77.8 Å². The summed E-state index contributed by atoms with van der Waals surface area (Å²) >= 11 is 0. The van der Waals surface area contributed by atoms with Crippen molar-refractivity contribution < 1.29 is 19.8 Å². The van der Waals surface area contributed by atoms with Crippen LogP contribution in [0.25, 0.3) is 0 Å². The van der Waals surface area contributed by atoms with Crippen molar-refractivity contribution in [3.8, 4) is 0 Å². The van der Waals surface area contributed by atoms with Crippen LogP contribution in [-0.2, 0) is 0 Å². The Morgan fingerprint density at radius 3 is 1.90 bits per heavy atom. The Kier molecular flexibility index (Phi) is 8.11. The minimum atomic E-state index is -1.44. The number of hydrogen-bond donors (Lipinski definition) is 2. The van der Waals surface area contributed by atoms with Gasteiger partial charge in [-0.05, 0) is 22.7 Å². The highest BCUT2D eigenvalue weighted by Gasteiger charge is 2.62. The summed E-state index contributed by atoms with van der Waals surface area (Å²) in [6.07, 6.45) is -2.48. The zero-order valence-corrected chi connectivity index (χ0v) is 18.9. The molecule has 2 fully saturated rings. The molecule has 10 radical (unpaired) electrons. The van der Waals surface area contributed by atoms with E-state index in [1.165, 1.54) is 0 Å². The maximum atomic E-state index is 11.6. The average Bonchev–Trinajstić information content (AvgIpc) is 2.97. The molecule has 2 unspecified atom stereocenters. The number of hydrogen-bond acceptors (Lipinski definition) is 2. The van der Waals surface area contributed by atoms with Crippen LogP contribution in [0.1, 0.15) is 48.0 Å². The lowest BCUT2D eigenvalue weighted by Gasteiger charge is -2.65. The van der Waals surface area contributed by atoms with Crippen molar-refractivity contribution in [3.63, 3.8) is 0 Å². The molecule has 0 aromatic rings. The molecule has 144 valence electrons. The van der Waals surface area contributed by atoms with E-state index in [-0.39, 0.29) is 23.0 Å². The van der Waals surface area contributed by atoms with E-state index >= 15 is 0 Å². The maximum Gasteiger partial charge on any atom is 0.416 e. The van der Waals surface area contributed by atoms with Gasteiger partial charge in [-0.3, -0.25) is 0 Å². The molecule has 2 aliphatic rings. The van der Waals surface area contributed by atoms with Crippen molar-refractivity contribution in [3.05, 3.63) is 0 Å². The Balaban J connectivity index is 2.56. The number of imide groups is 1. The van der Waals surface area contributed by atoms with Gasteiger partial charge in [-0.15, -0.1) is 10.7 Å². The Hall–Kier alpha value is -0.611. The summed E-state index contributed by atoms with van der Waals surface area (Å²) in [4.78, 5) is 23.6. The quantitative estimate of drug-likeness (QED) is 0.679. The van der Waals surface area contributed by atoms with Gasteiger partial charge >= 0.3 is 12.2 Å². The van der Waals surface area contributed by atoms with Gasteiger partial charge in [0.05, 0.1) is 14.4 Å². The van der Waals surface area contributed by atoms with E-state index in [9.17, 15) is 19.8 Å². The first-order chi connectivity index (χ1) is 13.8. The minimum Gasteiger partial charge on any atom is -0.465 e. The van der Waals surface area contributed by atoms with Crippen LogP contribution < -0.4 is 0 Å². The maximum absolute atomic E-state index is 11.6. The van der Waals surface area contributed by atoms with Crippen molar-refractivity contribution in [1.82, 2.24) is 4.90 Å². The van der Waals surface area contributed by atoms with Gasteiger partial charge in [0.1, 0.15) is 0 Å². The highest BCUT2D eigenvalue weighted by atomic mass is 16.4. The van der Waals surface area contributed by atoms with E-state index < -0.39 is 22.7 Å². The molecule has 2 aliphatic heterocycles. The fourth-order valence-corrected chi connectivity index (χ4v) is 5.90. The van der Waals surface area contributed by atoms with Crippen LogP contribution in [0.4, 0.5) is 9.59 Å². The van der Waals surface area contributed by atoms with Crippen LogP contribution in [0.3, 0.4) is 0 Å². The lowest BCUT2D eigenvalue weighted by atomic mass is 8.88. The molecule has 2 amide bonds. The standard InChI is InChI=1S/C15H25B10NO4/c1-12(2,3)14(13(4,5)6,7-8-26(10(27)28)11(29)30)15-16-9(17-19-15)18-21-23-25-24-22-20-15/h9H,7-8H2,1-6H3,(H,27,28)(H,29,30). The van der Waals surface area contributed by atoms with Crippen LogP contribution in [0.2, 0.25) is 10.7 Å². The molecule has 15 heteroatoms. The third-order valence-electron chi connectivity index (χ3n) is 6.68. The summed E-state index contributed by atoms with van der Waals surface area (Å²) in [5.74, 6) is 0. The predicted octanol–water partition coefficient (Wildman–Crippen LogP) is 0.365. The molecule has 0 aromatic heterocycles. The molecule has 2 heterocycles. The molecule has 2 rings (SSSR count). The zero-order valence-electron chi connectivity index (χ0n) is 18.9. The first-order valence-electron chi connectivity index (χ1n) is 10.4. The van der Waals surface area contributed by atoms with Gasteiger partial charge < -0.3 is 10.2 Å². The molecule has 30 heavy (non-hydrogen) atoms. The lowest BCUT2D eigenvalue weighted by molar-refractivity contribution is -0.0454. The second kappa shape index (κ2) is 9.48. The third-order valence-corrected chi connectivity index (χ3v) is 6.68. The monoisotopic (exact) mass is 393 g/mol. The van der Waals surface area contributed by atoms with E-state index in [0.29, 0.717) is 11.3 Å². The normalized spacial score (nSPS) is 23.6. The molecule has 2 saturated heterocycles. The number of nitrogens with zero attached hydrogens (tertiary/aromatic N) is 1. The molecule has 2 N–H and O–H groups in total. The number of fused-ring (bicyclic) bond motifs is 2. The van der Waals surface area contributed by atoms with Crippen LogP contribution in [0.5, 0.6) is 0 Å². The molecule has 0 saturated carbocycles. The number of carboxylic acid groups (broad SMARTS) is 2. The van der Waals surface area contributed by atoms with Crippen molar-refractivity contribution >= 4 is 83.5 Å². The average molecular weight is 391 g/mol. The predicted molar refractivity (Wildman–Crippen MR) is 133 cm³/mol. The molecule has 2 bridgehead atoms. The van der Waals surface area contributed by atoms with Gasteiger partial charge in [0, 0.05) is 63.4 Å². The number of carbonyl (C=O) groups is 2. The van der Waals surface area contributed by atoms with Crippen LogP contribution in [0.15, 0.2) is 0 Å². The Morgan fingerprint density at radius 2 is 1.37 bits per heavy atom. The summed E-state index contributed by atoms with van der Waals surface area (Å²) in [5, 5.41) is 18.4. The molecule has 0 spiro atoms. The second-order valence-corrected chi connectivity index (χ2v) is 10.2. The fourth-order valence-electron chi connectivity index (χ4n) is 5.90. The van der Waals surface area contributed by atoms with Gasteiger partial charge in [-0.25, -0.2) is 14.5 Å². The van der Waals surface area contributed by atoms with E-state index in [1.807, 2.05) is 35.3 Å². The van der Waals surface area contributed by atoms with Crippen molar-refractivity contribution in [2.45, 2.75) is 58.7 Å². The first kappa shape index (κ1) is 25.6. The first-order valence-corrected chi connectivity index (χ1v) is 10.4. The van der Waals surface area contributed by atoms with Crippen molar-refractivity contribution in [1.29, 1.82) is 0 Å². The van der Waals surface area contributed by atoms with Gasteiger partial charge in [-0.2, -0.15) is 0 Å². The molecular formula is C15H25B10NO4. The summed E-state index contributed by atoms with van der Waals surface area (Å²) < 4.78 is 0. The second-order valence-electron chi connectivity index (χ2n) is 10.2.